The van der Waals surface area contributed by atoms with Gasteiger partial charge in [0, 0.05) is 16.8 Å². The number of hydrogen-bond donors (Lipinski definition) is 0. The molecule has 0 saturated heterocycles. The predicted octanol–water partition coefficient (Wildman–Crippen LogP) is 3.92. The minimum Gasteiger partial charge on any atom is -0.122 e. The number of rotatable bonds is 1. The Bertz CT molecular complexity index is 238. The van der Waals surface area contributed by atoms with Crippen LogP contribution in [0.2, 0.25) is 0 Å². The van der Waals surface area contributed by atoms with E-state index in [0.29, 0.717) is 10.9 Å². The first kappa shape index (κ1) is 10.4. The van der Waals surface area contributed by atoms with Gasteiger partial charge in [0.05, 0.1) is 4.87 Å². The fraction of sp³-hybridized carbons (Fsp3) is 0.556. The summed E-state index contributed by atoms with van der Waals surface area (Å²) in [6, 6.07) is 0. The third-order valence-electron chi connectivity index (χ3n) is 2.43. The molecule has 0 aromatic heterocycles. The average Bonchev–Trinajstić information content (AvgIpc) is 2.02. The van der Waals surface area contributed by atoms with Crippen molar-refractivity contribution in [2.24, 2.45) is 5.92 Å². The number of halogens is 3. The van der Waals surface area contributed by atoms with E-state index in [2.05, 4.69) is 0 Å². The molecule has 12 heavy (non-hydrogen) atoms. The lowest BCUT2D eigenvalue weighted by atomic mass is 9.84. The predicted molar refractivity (Wildman–Crippen MR) is 56.2 cm³/mol. The van der Waals surface area contributed by atoms with E-state index in [1.165, 1.54) is 0 Å². The summed E-state index contributed by atoms with van der Waals surface area (Å²) >= 11 is 18.0. The Hall–Kier alpha value is 0.350. The minimum absolute atomic E-state index is 0.203. The topological polar surface area (TPSA) is 0 Å². The van der Waals surface area contributed by atoms with Crippen LogP contribution in [0.15, 0.2) is 22.8 Å². The van der Waals surface area contributed by atoms with Crippen LogP contribution in [-0.2, 0) is 0 Å². The van der Waals surface area contributed by atoms with Crippen LogP contribution in [0, 0.1) is 5.92 Å². The van der Waals surface area contributed by atoms with Crippen LogP contribution in [0.1, 0.15) is 13.8 Å². The Kier molecular flexibility index (Phi) is 3.14. The third kappa shape index (κ3) is 1.66. The maximum atomic E-state index is 6.25. The summed E-state index contributed by atoms with van der Waals surface area (Å²) in [5.41, 5.74) is 1.14. The van der Waals surface area contributed by atoms with Gasteiger partial charge in [-0.25, -0.2) is 0 Å². The van der Waals surface area contributed by atoms with Crippen molar-refractivity contribution in [3.05, 3.63) is 22.8 Å². The molecule has 0 bridgehead atoms. The van der Waals surface area contributed by atoms with Crippen LogP contribution < -0.4 is 0 Å². The number of alkyl halides is 2. The molecule has 1 aliphatic rings. The van der Waals surface area contributed by atoms with E-state index in [1.807, 2.05) is 26.0 Å². The highest BCUT2D eigenvalue weighted by molar-refractivity contribution is 6.40. The first-order valence-electron chi connectivity index (χ1n) is 3.81. The van der Waals surface area contributed by atoms with Crippen molar-refractivity contribution >= 4 is 34.8 Å². The van der Waals surface area contributed by atoms with Crippen LogP contribution >= 0.6 is 34.8 Å². The maximum Gasteiger partial charge on any atom is 0.0835 e. The molecule has 1 rings (SSSR count). The van der Waals surface area contributed by atoms with Crippen molar-refractivity contribution < 1.29 is 0 Å². The Morgan fingerprint density at radius 3 is 2.58 bits per heavy atom. The lowest BCUT2D eigenvalue weighted by Crippen LogP contribution is -2.30. The van der Waals surface area contributed by atoms with Gasteiger partial charge in [-0.15, -0.1) is 23.2 Å². The Morgan fingerprint density at radius 1 is 1.50 bits per heavy atom. The Balaban J connectivity index is 3.00. The molecule has 0 fully saturated rings. The summed E-state index contributed by atoms with van der Waals surface area (Å²) in [4.78, 5) is -0.486. The molecule has 0 radical (unpaired) electrons. The summed E-state index contributed by atoms with van der Waals surface area (Å²) in [7, 11) is 0. The van der Waals surface area contributed by atoms with E-state index < -0.39 is 4.87 Å². The van der Waals surface area contributed by atoms with Crippen molar-refractivity contribution in [3.8, 4) is 0 Å². The fourth-order valence-electron chi connectivity index (χ4n) is 1.20. The highest BCUT2D eigenvalue weighted by atomic mass is 35.5. The van der Waals surface area contributed by atoms with Crippen LogP contribution in [-0.4, -0.2) is 10.8 Å². The monoisotopic (exact) mass is 224 g/mol. The smallest absolute Gasteiger partial charge is 0.0835 e. The second-order valence-corrected chi connectivity index (χ2v) is 4.65. The number of hydrogen-bond acceptors (Lipinski definition) is 0. The van der Waals surface area contributed by atoms with E-state index in [4.69, 9.17) is 34.8 Å². The fourth-order valence-corrected chi connectivity index (χ4v) is 1.95. The lowest BCUT2D eigenvalue weighted by Gasteiger charge is -2.33. The molecule has 0 nitrogen and oxygen atoms in total. The van der Waals surface area contributed by atoms with Gasteiger partial charge in [-0.1, -0.05) is 30.2 Å². The molecule has 2 atom stereocenters. The lowest BCUT2D eigenvalue weighted by molar-refractivity contribution is 0.550. The summed E-state index contributed by atoms with van der Waals surface area (Å²) in [5.74, 6) is 0.721. The van der Waals surface area contributed by atoms with Gasteiger partial charge < -0.3 is 0 Å². The SMILES string of the molecule is CC1C(CCl)=CC=C(Cl)C1(C)Cl. The first-order chi connectivity index (χ1) is 5.50. The van der Waals surface area contributed by atoms with Gasteiger partial charge in [0.1, 0.15) is 0 Å². The molecule has 0 aromatic rings. The molecule has 0 saturated carbocycles. The van der Waals surface area contributed by atoms with Gasteiger partial charge in [-0.3, -0.25) is 0 Å². The van der Waals surface area contributed by atoms with Gasteiger partial charge in [0.15, 0.2) is 0 Å². The van der Waals surface area contributed by atoms with Crippen molar-refractivity contribution in [2.45, 2.75) is 18.7 Å². The molecule has 0 N–H and O–H groups in total. The normalized spacial score (nSPS) is 35.9. The third-order valence-corrected chi connectivity index (χ3v) is 3.89. The van der Waals surface area contributed by atoms with E-state index in [0.717, 1.165) is 5.57 Å². The molecular formula is C9H11Cl3. The van der Waals surface area contributed by atoms with E-state index in [-0.39, 0.29) is 5.92 Å². The van der Waals surface area contributed by atoms with Crippen molar-refractivity contribution in [1.29, 1.82) is 0 Å². The maximum absolute atomic E-state index is 6.25. The molecule has 0 aliphatic heterocycles. The van der Waals surface area contributed by atoms with E-state index >= 15 is 0 Å². The molecular weight excluding hydrogens is 214 g/mol. The van der Waals surface area contributed by atoms with Crippen LogP contribution in [0.3, 0.4) is 0 Å². The molecule has 0 heterocycles. The molecule has 2 unspecified atom stereocenters. The second kappa shape index (κ2) is 3.61. The van der Waals surface area contributed by atoms with Gasteiger partial charge in [0.25, 0.3) is 0 Å². The standard InChI is InChI=1S/C9H11Cl3/c1-6-7(5-10)3-4-8(11)9(6,2)12/h3-4,6H,5H2,1-2H3. The van der Waals surface area contributed by atoms with Crippen LogP contribution in [0.4, 0.5) is 0 Å². The minimum atomic E-state index is -0.486. The van der Waals surface area contributed by atoms with Gasteiger partial charge in [-0.2, -0.15) is 0 Å². The van der Waals surface area contributed by atoms with Crippen molar-refractivity contribution in [1.82, 2.24) is 0 Å². The first-order valence-corrected chi connectivity index (χ1v) is 5.10. The average molecular weight is 226 g/mol. The largest absolute Gasteiger partial charge is 0.122 e. The molecule has 3 heteroatoms. The quantitative estimate of drug-likeness (QED) is 0.594. The summed E-state index contributed by atoms with van der Waals surface area (Å²) in [5, 5.41) is 0.686. The molecule has 1 aliphatic carbocycles. The summed E-state index contributed by atoms with van der Waals surface area (Å²) < 4.78 is 0. The Labute approximate surface area is 88.2 Å². The summed E-state index contributed by atoms with van der Waals surface area (Å²) in [6.45, 7) is 3.95. The molecule has 0 spiro atoms. The van der Waals surface area contributed by atoms with E-state index in [9.17, 15) is 0 Å². The molecule has 0 aromatic carbocycles. The van der Waals surface area contributed by atoms with Crippen LogP contribution in [0.25, 0.3) is 0 Å². The van der Waals surface area contributed by atoms with Crippen molar-refractivity contribution in [2.75, 3.05) is 5.88 Å². The zero-order valence-electron chi connectivity index (χ0n) is 7.07. The van der Waals surface area contributed by atoms with Gasteiger partial charge in [0.2, 0.25) is 0 Å². The zero-order chi connectivity index (χ0) is 9.35. The van der Waals surface area contributed by atoms with E-state index in [1.54, 1.807) is 0 Å². The van der Waals surface area contributed by atoms with Gasteiger partial charge >= 0.3 is 0 Å². The van der Waals surface area contributed by atoms with Gasteiger partial charge in [-0.05, 0) is 13.0 Å². The Morgan fingerprint density at radius 2 is 2.08 bits per heavy atom. The second-order valence-electron chi connectivity index (χ2n) is 3.19. The summed E-state index contributed by atoms with van der Waals surface area (Å²) in [6.07, 6.45) is 3.77. The highest BCUT2D eigenvalue weighted by Gasteiger charge is 2.35. The van der Waals surface area contributed by atoms with Crippen LogP contribution in [0.5, 0.6) is 0 Å². The molecule has 0 amide bonds. The zero-order valence-corrected chi connectivity index (χ0v) is 9.34. The molecule has 68 valence electrons. The highest BCUT2D eigenvalue weighted by Crippen LogP contribution is 2.42. The van der Waals surface area contributed by atoms with Crippen molar-refractivity contribution in [3.63, 3.8) is 0 Å². The number of allylic oxidation sites excluding steroid dienone is 4.